The highest BCUT2D eigenvalue weighted by atomic mass is 16.5. The van der Waals surface area contributed by atoms with E-state index in [1.165, 1.54) is 25.4 Å². The van der Waals surface area contributed by atoms with Crippen molar-refractivity contribution in [1.82, 2.24) is 4.98 Å². The van der Waals surface area contributed by atoms with E-state index in [9.17, 15) is 9.59 Å². The Labute approximate surface area is 92.6 Å². The van der Waals surface area contributed by atoms with Gasteiger partial charge in [-0.2, -0.15) is 0 Å². The molecule has 16 heavy (non-hydrogen) atoms. The normalized spacial score (nSPS) is 8.81. The van der Waals surface area contributed by atoms with E-state index in [0.717, 1.165) is 0 Å². The minimum atomic E-state index is -0.503. The van der Waals surface area contributed by atoms with Crippen LogP contribution in [-0.2, 0) is 9.53 Å². The standard InChI is InChI=1S/C11H10N2O3/c1-16-11(15)8-5-6-13-9(7-8)3-2-4-10(12)14/h5-7H,4H2,1H3,(H2,12,14). The lowest BCUT2D eigenvalue weighted by Gasteiger charge is -1.97. The molecule has 82 valence electrons. The molecule has 0 aliphatic rings. The number of rotatable bonds is 2. The highest BCUT2D eigenvalue weighted by Crippen LogP contribution is 2.02. The molecule has 1 rings (SSSR count). The fourth-order valence-corrected chi connectivity index (χ4v) is 0.966. The predicted octanol–water partition coefficient (Wildman–Crippen LogP) is 0.0951. The summed E-state index contributed by atoms with van der Waals surface area (Å²) in [5.74, 6) is 4.21. The molecule has 2 N–H and O–H groups in total. The van der Waals surface area contributed by atoms with Crippen LogP contribution < -0.4 is 5.73 Å². The van der Waals surface area contributed by atoms with Gasteiger partial charge in [0.25, 0.3) is 0 Å². The molecule has 0 unspecified atom stereocenters. The van der Waals surface area contributed by atoms with Crippen LogP contribution in [0.1, 0.15) is 22.5 Å². The smallest absolute Gasteiger partial charge is 0.338 e. The van der Waals surface area contributed by atoms with Crippen LogP contribution in [0.15, 0.2) is 18.3 Å². The van der Waals surface area contributed by atoms with E-state index >= 15 is 0 Å². The molecule has 0 saturated carbocycles. The third-order valence-corrected chi connectivity index (χ3v) is 1.66. The van der Waals surface area contributed by atoms with Crippen LogP contribution in [0.3, 0.4) is 0 Å². The minimum absolute atomic E-state index is 0.0376. The summed E-state index contributed by atoms with van der Waals surface area (Å²) in [6.07, 6.45) is 1.41. The Hall–Kier alpha value is -2.35. The topological polar surface area (TPSA) is 82.3 Å². The largest absolute Gasteiger partial charge is 0.465 e. The Balaban J connectivity index is 2.85. The molecule has 0 spiro atoms. The first-order valence-electron chi connectivity index (χ1n) is 4.45. The Morgan fingerprint density at radius 1 is 1.56 bits per heavy atom. The fraction of sp³-hybridized carbons (Fsp3) is 0.182. The third kappa shape index (κ3) is 3.42. The van der Waals surface area contributed by atoms with Crippen LogP contribution in [0.4, 0.5) is 0 Å². The highest BCUT2D eigenvalue weighted by Gasteiger charge is 2.04. The number of amides is 1. The molecule has 0 fully saturated rings. The molecule has 0 bridgehead atoms. The van der Waals surface area contributed by atoms with Crippen molar-refractivity contribution in [2.24, 2.45) is 5.73 Å². The summed E-state index contributed by atoms with van der Waals surface area (Å²) >= 11 is 0. The van der Waals surface area contributed by atoms with Gasteiger partial charge in [0.05, 0.1) is 19.1 Å². The van der Waals surface area contributed by atoms with Crippen molar-refractivity contribution in [3.8, 4) is 11.8 Å². The molecule has 0 aliphatic heterocycles. The number of carbonyl (C=O) groups excluding carboxylic acids is 2. The maximum absolute atomic E-state index is 11.2. The number of carbonyl (C=O) groups is 2. The summed E-state index contributed by atoms with van der Waals surface area (Å²) in [6, 6.07) is 3.00. The first-order chi connectivity index (χ1) is 7.63. The van der Waals surface area contributed by atoms with Crippen LogP contribution in [0.2, 0.25) is 0 Å². The van der Waals surface area contributed by atoms with E-state index in [1.54, 1.807) is 0 Å². The fourth-order valence-electron chi connectivity index (χ4n) is 0.966. The zero-order valence-corrected chi connectivity index (χ0v) is 8.69. The van der Waals surface area contributed by atoms with Gasteiger partial charge in [-0.15, -0.1) is 0 Å². The summed E-state index contributed by atoms with van der Waals surface area (Å²) in [7, 11) is 1.29. The van der Waals surface area contributed by atoms with Crippen LogP contribution in [-0.4, -0.2) is 24.0 Å². The number of aromatic nitrogens is 1. The van der Waals surface area contributed by atoms with Gasteiger partial charge in [-0.1, -0.05) is 5.92 Å². The van der Waals surface area contributed by atoms with E-state index < -0.39 is 11.9 Å². The molecule has 0 atom stereocenters. The van der Waals surface area contributed by atoms with Crippen molar-refractivity contribution in [3.05, 3.63) is 29.6 Å². The Morgan fingerprint density at radius 2 is 2.31 bits per heavy atom. The highest BCUT2D eigenvalue weighted by molar-refractivity contribution is 5.89. The Bertz CT molecular complexity index is 472. The number of primary amides is 1. The monoisotopic (exact) mass is 218 g/mol. The van der Waals surface area contributed by atoms with Gasteiger partial charge in [0.15, 0.2) is 0 Å². The SMILES string of the molecule is COC(=O)c1ccnc(C#CCC(N)=O)c1. The van der Waals surface area contributed by atoms with Crippen molar-refractivity contribution in [1.29, 1.82) is 0 Å². The Kier molecular flexibility index (Phi) is 4.04. The third-order valence-electron chi connectivity index (χ3n) is 1.66. The number of ether oxygens (including phenoxy) is 1. The number of esters is 1. The molecule has 0 saturated heterocycles. The lowest BCUT2D eigenvalue weighted by Crippen LogP contribution is -2.08. The van der Waals surface area contributed by atoms with E-state index in [0.29, 0.717) is 11.3 Å². The van der Waals surface area contributed by atoms with Crippen molar-refractivity contribution in [2.45, 2.75) is 6.42 Å². The lowest BCUT2D eigenvalue weighted by atomic mass is 10.2. The van der Waals surface area contributed by atoms with Gasteiger partial charge in [-0.3, -0.25) is 4.79 Å². The van der Waals surface area contributed by atoms with Gasteiger partial charge in [-0.05, 0) is 18.1 Å². The van der Waals surface area contributed by atoms with E-state index in [4.69, 9.17) is 5.73 Å². The van der Waals surface area contributed by atoms with Crippen molar-refractivity contribution in [3.63, 3.8) is 0 Å². The number of nitrogens with zero attached hydrogens (tertiary/aromatic N) is 1. The summed E-state index contributed by atoms with van der Waals surface area (Å²) in [5, 5.41) is 0. The molecular formula is C11H10N2O3. The van der Waals surface area contributed by atoms with E-state index in [-0.39, 0.29) is 6.42 Å². The second-order valence-corrected chi connectivity index (χ2v) is 2.87. The lowest BCUT2D eigenvalue weighted by molar-refractivity contribution is -0.117. The number of methoxy groups -OCH3 is 1. The number of pyridine rings is 1. The molecule has 5 heteroatoms. The molecule has 1 amide bonds. The number of nitrogens with two attached hydrogens (primary N) is 1. The minimum Gasteiger partial charge on any atom is -0.465 e. The number of hydrogen-bond donors (Lipinski definition) is 1. The Morgan fingerprint density at radius 3 is 2.94 bits per heavy atom. The summed E-state index contributed by atoms with van der Waals surface area (Å²) < 4.78 is 4.54. The molecule has 1 heterocycles. The zero-order chi connectivity index (χ0) is 12.0. The maximum Gasteiger partial charge on any atom is 0.338 e. The second-order valence-electron chi connectivity index (χ2n) is 2.87. The van der Waals surface area contributed by atoms with Crippen molar-refractivity contribution >= 4 is 11.9 Å². The van der Waals surface area contributed by atoms with Gasteiger partial charge in [-0.25, -0.2) is 9.78 Å². The van der Waals surface area contributed by atoms with Crippen LogP contribution in [0.5, 0.6) is 0 Å². The number of hydrogen-bond acceptors (Lipinski definition) is 4. The van der Waals surface area contributed by atoms with Crippen LogP contribution in [0.25, 0.3) is 0 Å². The van der Waals surface area contributed by atoms with Gasteiger partial charge in [0.1, 0.15) is 5.69 Å². The van der Waals surface area contributed by atoms with Crippen LogP contribution in [0, 0.1) is 11.8 Å². The molecule has 0 aromatic carbocycles. The quantitative estimate of drug-likeness (QED) is 0.563. The molecule has 5 nitrogen and oxygen atoms in total. The molecule has 1 aromatic heterocycles. The van der Waals surface area contributed by atoms with E-state index in [2.05, 4.69) is 21.6 Å². The van der Waals surface area contributed by atoms with Gasteiger partial charge < -0.3 is 10.5 Å². The van der Waals surface area contributed by atoms with Crippen LogP contribution >= 0.6 is 0 Å². The molecule has 0 radical (unpaired) electrons. The first kappa shape index (κ1) is 11.7. The van der Waals surface area contributed by atoms with Gasteiger partial charge in [0.2, 0.25) is 5.91 Å². The molecular weight excluding hydrogens is 208 g/mol. The van der Waals surface area contributed by atoms with Crippen molar-refractivity contribution < 1.29 is 14.3 Å². The van der Waals surface area contributed by atoms with Crippen molar-refractivity contribution in [2.75, 3.05) is 7.11 Å². The zero-order valence-electron chi connectivity index (χ0n) is 8.69. The van der Waals surface area contributed by atoms with Gasteiger partial charge in [0, 0.05) is 6.20 Å². The second kappa shape index (κ2) is 5.51. The first-order valence-corrected chi connectivity index (χ1v) is 4.45. The average Bonchev–Trinajstić information content (AvgIpc) is 2.28. The maximum atomic E-state index is 11.2. The van der Waals surface area contributed by atoms with E-state index in [1.807, 2.05) is 0 Å². The van der Waals surface area contributed by atoms with Gasteiger partial charge >= 0.3 is 5.97 Å². The molecule has 1 aromatic rings. The summed E-state index contributed by atoms with van der Waals surface area (Å²) in [5.41, 5.74) is 5.67. The predicted molar refractivity (Wildman–Crippen MR) is 56.3 cm³/mol. The summed E-state index contributed by atoms with van der Waals surface area (Å²) in [4.78, 5) is 25.5. The summed E-state index contributed by atoms with van der Waals surface area (Å²) in [6.45, 7) is 0. The molecule has 0 aliphatic carbocycles. The average molecular weight is 218 g/mol.